The van der Waals surface area contributed by atoms with Crippen molar-refractivity contribution in [3.63, 3.8) is 0 Å². The molecule has 3 aromatic carbocycles. The molecule has 8 aliphatic carbocycles. The molecule has 2 atom stereocenters. The van der Waals surface area contributed by atoms with Crippen LogP contribution in [0.4, 0.5) is 17.6 Å². The van der Waals surface area contributed by atoms with Crippen LogP contribution in [-0.2, 0) is 0 Å². The fourth-order valence-electron chi connectivity index (χ4n) is 12.6. The van der Waals surface area contributed by atoms with Crippen molar-refractivity contribution in [1.82, 2.24) is 10.6 Å². The third-order valence-electron chi connectivity index (χ3n) is 14.6. The Hall–Kier alpha value is -4.08. The molecule has 0 radical (unpaired) electrons. The van der Waals surface area contributed by atoms with Gasteiger partial charge < -0.3 is 20.1 Å². The van der Waals surface area contributed by atoms with Crippen LogP contribution in [0.1, 0.15) is 112 Å². The molecule has 8 aliphatic rings. The molecule has 10 heteroatoms. The van der Waals surface area contributed by atoms with Crippen molar-refractivity contribution in [2.45, 2.75) is 103 Å². The van der Waals surface area contributed by atoms with Gasteiger partial charge >= 0.3 is 0 Å². The molecule has 0 spiro atoms. The van der Waals surface area contributed by atoms with E-state index < -0.39 is 34.8 Å². The van der Waals surface area contributed by atoms with Crippen molar-refractivity contribution in [2.75, 3.05) is 0 Å². The number of rotatable bonds is 10. The van der Waals surface area contributed by atoms with Crippen molar-refractivity contribution < 1.29 is 36.6 Å². The summed E-state index contributed by atoms with van der Waals surface area (Å²) in [6, 6.07) is 11.1. The second-order valence-electron chi connectivity index (χ2n) is 18.1. The molecular weight excluding hydrogens is 696 g/mol. The van der Waals surface area contributed by atoms with Crippen LogP contribution in [0.2, 0.25) is 0 Å². The molecule has 8 fully saturated rings. The number of carbonyl (C=O) groups is 2. The Balaban J connectivity index is 0.831. The highest BCUT2D eigenvalue weighted by molar-refractivity contribution is 5.95. The summed E-state index contributed by atoms with van der Waals surface area (Å²) in [5.41, 5.74) is 0.917. The van der Waals surface area contributed by atoms with Gasteiger partial charge in [-0.05, 0) is 186 Å². The second-order valence-corrected chi connectivity index (χ2v) is 18.1. The van der Waals surface area contributed by atoms with E-state index in [2.05, 4.69) is 24.5 Å². The minimum absolute atomic E-state index is 0.00583. The quantitative estimate of drug-likeness (QED) is 0.160. The Morgan fingerprint density at radius 2 is 0.778 bits per heavy atom. The Morgan fingerprint density at radius 1 is 0.519 bits per heavy atom. The summed E-state index contributed by atoms with van der Waals surface area (Å²) >= 11 is 0. The van der Waals surface area contributed by atoms with Gasteiger partial charge in [0, 0.05) is 23.2 Å². The summed E-state index contributed by atoms with van der Waals surface area (Å²) in [6.45, 7) is 4.17. The van der Waals surface area contributed by atoms with Gasteiger partial charge in [0.2, 0.25) is 34.8 Å². The Kier molecular flexibility index (Phi) is 8.77. The standard InChI is InChI=1S/C44H48F4N2O4/c1-23(43-17-25-11-26(18-43)13-27(12-25)19-43)49-41(51)31-3-7-33(8-4-31)53-39-35(45)37(47)40(38(48)36(39)46)54-34-9-5-32(6-10-34)42(52)50-24(2)44-20-28-14-29(21-44)16-30(15-28)22-44/h3-10,23-30H,11-22H2,1-2H3,(H,49,51)(H,50,52)/t23-,24+,25?,26?,27?,28?,29?,30?,43?,44?. The van der Waals surface area contributed by atoms with Crippen LogP contribution in [0.25, 0.3) is 0 Å². The van der Waals surface area contributed by atoms with E-state index in [1.165, 1.54) is 87.1 Å². The van der Waals surface area contributed by atoms with Crippen LogP contribution >= 0.6 is 0 Å². The molecule has 2 amide bonds. The molecule has 0 aromatic heterocycles. The summed E-state index contributed by atoms with van der Waals surface area (Å²) in [6.07, 6.45) is 14.7. The highest BCUT2D eigenvalue weighted by Gasteiger charge is 2.54. The largest absolute Gasteiger partial charge is 0.451 e. The number of halogens is 4. The van der Waals surface area contributed by atoms with Gasteiger partial charge in [0.15, 0.2) is 0 Å². The van der Waals surface area contributed by atoms with Crippen LogP contribution in [0.3, 0.4) is 0 Å². The first-order chi connectivity index (χ1) is 25.9. The number of carbonyl (C=O) groups excluding carboxylic acids is 2. The maximum atomic E-state index is 15.2. The summed E-state index contributed by atoms with van der Waals surface area (Å²) in [7, 11) is 0. The number of hydrogen-bond donors (Lipinski definition) is 2. The molecule has 3 aromatic rings. The van der Waals surface area contributed by atoms with Gasteiger partial charge in [-0.3, -0.25) is 9.59 Å². The van der Waals surface area contributed by atoms with Crippen LogP contribution in [0.15, 0.2) is 48.5 Å². The second kappa shape index (κ2) is 13.3. The maximum Gasteiger partial charge on any atom is 0.251 e. The van der Waals surface area contributed by atoms with Crippen molar-refractivity contribution in [3.8, 4) is 23.0 Å². The molecular formula is C44H48F4N2O4. The van der Waals surface area contributed by atoms with Crippen molar-refractivity contribution in [1.29, 1.82) is 0 Å². The minimum Gasteiger partial charge on any atom is -0.451 e. The predicted octanol–water partition coefficient (Wildman–Crippen LogP) is 10.5. The fraction of sp³-hybridized carbons (Fsp3) is 0.545. The molecule has 54 heavy (non-hydrogen) atoms. The van der Waals surface area contributed by atoms with E-state index in [4.69, 9.17) is 9.47 Å². The van der Waals surface area contributed by atoms with Crippen LogP contribution in [0, 0.1) is 69.6 Å². The van der Waals surface area contributed by atoms with Crippen LogP contribution < -0.4 is 20.1 Å². The zero-order chi connectivity index (χ0) is 37.5. The molecule has 6 nitrogen and oxygen atoms in total. The van der Waals surface area contributed by atoms with Crippen molar-refractivity contribution >= 4 is 11.8 Å². The lowest BCUT2D eigenvalue weighted by atomic mass is 9.48. The third kappa shape index (κ3) is 6.25. The molecule has 0 saturated heterocycles. The van der Waals surface area contributed by atoms with Gasteiger partial charge in [0.05, 0.1) is 0 Å². The molecule has 2 N–H and O–H groups in total. The summed E-state index contributed by atoms with van der Waals surface area (Å²) in [5, 5.41) is 6.37. The van der Waals surface area contributed by atoms with Gasteiger partial charge in [-0.15, -0.1) is 0 Å². The predicted molar refractivity (Wildman–Crippen MR) is 194 cm³/mol. The van der Waals surface area contributed by atoms with E-state index in [0.717, 1.165) is 74.0 Å². The Labute approximate surface area is 313 Å². The Bertz CT molecular complexity index is 1720. The monoisotopic (exact) mass is 744 g/mol. The molecule has 11 rings (SSSR count). The van der Waals surface area contributed by atoms with Gasteiger partial charge in [0.1, 0.15) is 11.5 Å². The van der Waals surface area contributed by atoms with E-state index >= 15 is 17.6 Å². The number of nitrogens with one attached hydrogen (secondary N) is 2. The lowest BCUT2D eigenvalue weighted by molar-refractivity contribution is -0.0688. The van der Waals surface area contributed by atoms with Gasteiger partial charge in [-0.2, -0.15) is 17.6 Å². The number of hydrogen-bond acceptors (Lipinski definition) is 4. The normalized spacial score (nSPS) is 32.6. The van der Waals surface area contributed by atoms with Gasteiger partial charge in [-0.25, -0.2) is 0 Å². The lowest BCUT2D eigenvalue weighted by Gasteiger charge is -2.59. The Morgan fingerprint density at radius 3 is 1.04 bits per heavy atom. The zero-order valence-corrected chi connectivity index (χ0v) is 30.9. The van der Waals surface area contributed by atoms with Crippen molar-refractivity contribution in [2.24, 2.45) is 46.3 Å². The SMILES string of the molecule is C[C@H](NC(=O)c1ccc(Oc2c(F)c(F)c(Oc3ccc(C(=O)N[C@H](C)C45CC6CC(CC(C6)C4)C5)cc3)c(F)c2F)cc1)C12CC3CC(CC(C3)C1)C2. The summed E-state index contributed by atoms with van der Waals surface area (Å²) in [5.74, 6) is -5.90. The van der Waals surface area contributed by atoms with E-state index in [0.29, 0.717) is 11.1 Å². The number of ether oxygens (including phenoxy) is 2. The molecule has 0 aliphatic heterocycles. The fourth-order valence-corrected chi connectivity index (χ4v) is 12.6. The van der Waals surface area contributed by atoms with Gasteiger partial charge in [-0.1, -0.05) is 0 Å². The minimum atomic E-state index is -1.77. The topological polar surface area (TPSA) is 76.7 Å². The average molecular weight is 745 g/mol. The summed E-state index contributed by atoms with van der Waals surface area (Å²) < 4.78 is 71.4. The van der Waals surface area contributed by atoms with E-state index in [1.54, 1.807) is 0 Å². The first-order valence-electron chi connectivity index (χ1n) is 19.9. The molecule has 0 heterocycles. The first-order valence-corrected chi connectivity index (χ1v) is 19.9. The highest BCUT2D eigenvalue weighted by Crippen LogP contribution is 2.62. The highest BCUT2D eigenvalue weighted by atomic mass is 19.2. The number of benzene rings is 3. The lowest BCUT2D eigenvalue weighted by Crippen LogP contribution is -2.55. The summed E-state index contributed by atoms with van der Waals surface area (Å²) in [4.78, 5) is 26.4. The van der Waals surface area contributed by atoms with E-state index in [9.17, 15) is 9.59 Å². The average Bonchev–Trinajstić information content (AvgIpc) is 3.13. The van der Waals surface area contributed by atoms with E-state index in [-0.39, 0.29) is 46.2 Å². The van der Waals surface area contributed by atoms with E-state index in [1.807, 2.05) is 0 Å². The third-order valence-corrected chi connectivity index (χ3v) is 14.6. The van der Waals surface area contributed by atoms with Crippen molar-refractivity contribution in [3.05, 3.63) is 82.9 Å². The smallest absolute Gasteiger partial charge is 0.251 e. The van der Waals surface area contributed by atoms with Crippen LogP contribution in [-0.4, -0.2) is 23.9 Å². The number of amides is 2. The molecule has 8 bridgehead atoms. The maximum absolute atomic E-state index is 15.2. The van der Waals surface area contributed by atoms with Gasteiger partial charge in [0.25, 0.3) is 11.8 Å². The first kappa shape index (κ1) is 35.6. The van der Waals surface area contributed by atoms with Crippen LogP contribution in [0.5, 0.6) is 23.0 Å². The molecule has 286 valence electrons. The zero-order valence-electron chi connectivity index (χ0n) is 30.9. The molecule has 0 unspecified atom stereocenters. The molecule has 8 saturated carbocycles.